The van der Waals surface area contributed by atoms with Gasteiger partial charge in [0.15, 0.2) is 0 Å². The van der Waals surface area contributed by atoms with Crippen molar-refractivity contribution in [3.63, 3.8) is 0 Å². The molecule has 1 atom stereocenters. The molecule has 7 nitrogen and oxygen atoms in total. The van der Waals surface area contributed by atoms with Crippen LogP contribution in [0.25, 0.3) is 0 Å². The summed E-state index contributed by atoms with van der Waals surface area (Å²) in [6.07, 6.45) is 3.79. The van der Waals surface area contributed by atoms with Gasteiger partial charge in [-0.3, -0.25) is 0 Å². The van der Waals surface area contributed by atoms with Crippen LogP contribution in [0.3, 0.4) is 0 Å². The van der Waals surface area contributed by atoms with Crippen LogP contribution in [0.2, 0.25) is 0 Å². The third-order valence-corrected chi connectivity index (χ3v) is 3.62. The summed E-state index contributed by atoms with van der Waals surface area (Å²) in [6.45, 7) is 1.51. The zero-order valence-corrected chi connectivity index (χ0v) is 12.5. The average molecular weight is 314 g/mol. The number of aromatic carboxylic acids is 1. The van der Waals surface area contributed by atoms with Crippen molar-refractivity contribution in [2.45, 2.75) is 18.9 Å². The molecule has 1 saturated heterocycles. The Kier molecular flexibility index (Phi) is 4.68. The summed E-state index contributed by atoms with van der Waals surface area (Å²) in [4.78, 5) is 19.5. The molecule has 3 rings (SSSR count). The summed E-state index contributed by atoms with van der Waals surface area (Å²) < 4.78 is 5.56. The SMILES string of the molecule is O=C(O)c1ccccc1Nc1cc(NCC2CCCO2)ncn1. The van der Waals surface area contributed by atoms with E-state index in [1.807, 2.05) is 0 Å². The van der Waals surface area contributed by atoms with Gasteiger partial charge in [0.2, 0.25) is 0 Å². The topological polar surface area (TPSA) is 96.4 Å². The summed E-state index contributed by atoms with van der Waals surface area (Å²) in [5.74, 6) is 0.216. The maximum atomic E-state index is 11.2. The van der Waals surface area contributed by atoms with Crippen LogP contribution < -0.4 is 10.6 Å². The molecule has 1 unspecified atom stereocenters. The van der Waals surface area contributed by atoms with Gasteiger partial charge in [-0.2, -0.15) is 0 Å². The van der Waals surface area contributed by atoms with Gasteiger partial charge in [-0.15, -0.1) is 0 Å². The Morgan fingerprint density at radius 3 is 2.91 bits per heavy atom. The monoisotopic (exact) mass is 314 g/mol. The Hall–Kier alpha value is -2.67. The van der Waals surface area contributed by atoms with Crippen molar-refractivity contribution in [1.29, 1.82) is 0 Å². The maximum absolute atomic E-state index is 11.2. The fourth-order valence-electron chi connectivity index (χ4n) is 2.46. The van der Waals surface area contributed by atoms with Gasteiger partial charge >= 0.3 is 5.97 Å². The molecule has 0 saturated carbocycles. The molecule has 0 aliphatic carbocycles. The number of carboxylic acid groups (broad SMARTS) is 1. The predicted molar refractivity (Wildman–Crippen MR) is 86.2 cm³/mol. The highest BCUT2D eigenvalue weighted by Crippen LogP contribution is 2.21. The second kappa shape index (κ2) is 7.06. The second-order valence-electron chi connectivity index (χ2n) is 5.28. The lowest BCUT2D eigenvalue weighted by atomic mass is 10.2. The van der Waals surface area contributed by atoms with Gasteiger partial charge in [0.25, 0.3) is 0 Å². The first-order valence-corrected chi connectivity index (χ1v) is 7.49. The van der Waals surface area contributed by atoms with Gasteiger partial charge in [0.1, 0.15) is 18.0 Å². The summed E-state index contributed by atoms with van der Waals surface area (Å²) in [5, 5.41) is 15.4. The number of ether oxygens (including phenoxy) is 1. The Morgan fingerprint density at radius 2 is 2.13 bits per heavy atom. The first-order chi connectivity index (χ1) is 11.2. The van der Waals surface area contributed by atoms with Crippen molar-refractivity contribution >= 4 is 23.3 Å². The van der Waals surface area contributed by atoms with Crippen molar-refractivity contribution in [1.82, 2.24) is 9.97 Å². The number of hydrogen-bond donors (Lipinski definition) is 3. The molecule has 1 fully saturated rings. The standard InChI is InChI=1S/C16H18N4O3/c21-16(22)12-5-1-2-6-13(12)20-15-8-14(18-10-19-15)17-9-11-4-3-7-23-11/h1-2,5-6,8,10-11H,3-4,7,9H2,(H,21,22)(H2,17,18,19,20). The first kappa shape index (κ1) is 15.2. The number of anilines is 3. The Balaban J connectivity index is 1.69. The highest BCUT2D eigenvalue weighted by Gasteiger charge is 2.15. The number of para-hydroxylation sites is 1. The molecule has 1 aliphatic rings. The zero-order valence-electron chi connectivity index (χ0n) is 12.5. The van der Waals surface area contributed by atoms with Crippen molar-refractivity contribution < 1.29 is 14.6 Å². The number of nitrogens with zero attached hydrogens (tertiary/aromatic N) is 2. The van der Waals surface area contributed by atoms with E-state index in [0.29, 0.717) is 23.9 Å². The van der Waals surface area contributed by atoms with E-state index >= 15 is 0 Å². The predicted octanol–water partition coefficient (Wildman–Crippen LogP) is 2.51. The van der Waals surface area contributed by atoms with E-state index in [1.165, 1.54) is 6.33 Å². The third-order valence-electron chi connectivity index (χ3n) is 3.62. The molecule has 7 heteroatoms. The lowest BCUT2D eigenvalue weighted by molar-refractivity contribution is 0.0698. The average Bonchev–Trinajstić information content (AvgIpc) is 3.07. The van der Waals surface area contributed by atoms with Gasteiger partial charge in [-0.1, -0.05) is 12.1 Å². The van der Waals surface area contributed by atoms with Crippen LogP contribution in [0, 0.1) is 0 Å². The molecule has 0 amide bonds. The van der Waals surface area contributed by atoms with Gasteiger partial charge < -0.3 is 20.5 Å². The molecule has 3 N–H and O–H groups in total. The quantitative estimate of drug-likeness (QED) is 0.753. The number of hydrogen-bond acceptors (Lipinski definition) is 6. The molecule has 120 valence electrons. The molecule has 23 heavy (non-hydrogen) atoms. The van der Waals surface area contributed by atoms with Crippen molar-refractivity contribution in [2.75, 3.05) is 23.8 Å². The molecule has 1 aromatic heterocycles. The number of aromatic nitrogens is 2. The van der Waals surface area contributed by atoms with E-state index < -0.39 is 5.97 Å². The van der Waals surface area contributed by atoms with Crippen molar-refractivity contribution in [3.8, 4) is 0 Å². The number of carboxylic acids is 1. The third kappa shape index (κ3) is 3.95. The van der Waals surface area contributed by atoms with Crippen LogP contribution in [0.5, 0.6) is 0 Å². The molecule has 0 radical (unpaired) electrons. The van der Waals surface area contributed by atoms with Gasteiger partial charge in [-0.05, 0) is 25.0 Å². The van der Waals surface area contributed by atoms with E-state index in [1.54, 1.807) is 30.3 Å². The second-order valence-corrected chi connectivity index (χ2v) is 5.28. The van der Waals surface area contributed by atoms with Gasteiger partial charge in [0, 0.05) is 19.2 Å². The van der Waals surface area contributed by atoms with E-state index in [4.69, 9.17) is 4.74 Å². The van der Waals surface area contributed by atoms with E-state index in [2.05, 4.69) is 20.6 Å². The lowest BCUT2D eigenvalue weighted by Gasteiger charge is -2.12. The van der Waals surface area contributed by atoms with Gasteiger partial charge in [-0.25, -0.2) is 14.8 Å². The van der Waals surface area contributed by atoms with Crippen LogP contribution in [0.4, 0.5) is 17.3 Å². The minimum Gasteiger partial charge on any atom is -0.478 e. The van der Waals surface area contributed by atoms with Crippen LogP contribution in [-0.2, 0) is 4.74 Å². The highest BCUT2D eigenvalue weighted by molar-refractivity contribution is 5.95. The molecular formula is C16H18N4O3. The Labute approximate surface area is 133 Å². The minimum absolute atomic E-state index is 0.194. The summed E-state index contributed by atoms with van der Waals surface area (Å²) in [7, 11) is 0. The minimum atomic E-state index is -0.987. The first-order valence-electron chi connectivity index (χ1n) is 7.49. The fourth-order valence-corrected chi connectivity index (χ4v) is 2.46. The van der Waals surface area contributed by atoms with Crippen LogP contribution >= 0.6 is 0 Å². The molecule has 0 spiro atoms. The zero-order chi connectivity index (χ0) is 16.1. The largest absolute Gasteiger partial charge is 0.478 e. The smallest absolute Gasteiger partial charge is 0.337 e. The number of benzene rings is 1. The van der Waals surface area contributed by atoms with E-state index in [0.717, 1.165) is 19.4 Å². The van der Waals surface area contributed by atoms with E-state index in [9.17, 15) is 9.90 Å². The number of carbonyl (C=O) groups is 1. The normalized spacial score (nSPS) is 17.0. The van der Waals surface area contributed by atoms with Crippen molar-refractivity contribution in [2.24, 2.45) is 0 Å². The molecule has 2 aromatic rings. The maximum Gasteiger partial charge on any atom is 0.337 e. The molecule has 1 aromatic carbocycles. The summed E-state index contributed by atoms with van der Waals surface area (Å²) in [6, 6.07) is 8.44. The Bertz CT molecular complexity index is 687. The van der Waals surface area contributed by atoms with Gasteiger partial charge in [0.05, 0.1) is 17.4 Å². The number of rotatable bonds is 6. The Morgan fingerprint density at radius 1 is 1.30 bits per heavy atom. The summed E-state index contributed by atoms with van der Waals surface area (Å²) in [5.41, 5.74) is 0.684. The van der Waals surface area contributed by atoms with Crippen LogP contribution in [-0.4, -0.2) is 40.3 Å². The number of nitrogens with one attached hydrogen (secondary N) is 2. The van der Waals surface area contributed by atoms with Crippen LogP contribution in [0.1, 0.15) is 23.2 Å². The van der Waals surface area contributed by atoms with Crippen molar-refractivity contribution in [3.05, 3.63) is 42.2 Å². The lowest BCUT2D eigenvalue weighted by Crippen LogP contribution is -2.19. The molecule has 1 aliphatic heterocycles. The highest BCUT2D eigenvalue weighted by atomic mass is 16.5. The molecule has 0 bridgehead atoms. The summed E-state index contributed by atoms with van der Waals surface area (Å²) >= 11 is 0. The van der Waals surface area contributed by atoms with E-state index in [-0.39, 0.29) is 11.7 Å². The van der Waals surface area contributed by atoms with Crippen LogP contribution in [0.15, 0.2) is 36.7 Å². The molecular weight excluding hydrogens is 296 g/mol. The molecule has 2 heterocycles. The fraction of sp³-hybridized carbons (Fsp3) is 0.312.